The molecule has 1 aromatic rings. The number of hydrogen-bond donors (Lipinski definition) is 1. The van der Waals surface area contributed by atoms with Crippen molar-refractivity contribution in [1.29, 1.82) is 0 Å². The van der Waals surface area contributed by atoms with Crippen LogP contribution in [0, 0.1) is 5.82 Å². The van der Waals surface area contributed by atoms with Crippen LogP contribution in [0.2, 0.25) is 0 Å². The minimum absolute atomic E-state index is 0.0618. The zero-order valence-corrected chi connectivity index (χ0v) is 12.1. The standard InChI is InChI=1S/C13H16BrF4N/c1-2-7-19-12(5-6-13(16,17)18)10-4-3-9(15)8-11(10)14/h3-4,8,12,19H,2,5-7H2,1H3. The number of nitrogens with one attached hydrogen (secondary N) is 1. The second kappa shape index (κ2) is 7.24. The van der Waals surface area contributed by atoms with Crippen molar-refractivity contribution in [3.05, 3.63) is 34.1 Å². The summed E-state index contributed by atoms with van der Waals surface area (Å²) in [4.78, 5) is 0. The summed E-state index contributed by atoms with van der Waals surface area (Å²) >= 11 is 3.20. The highest BCUT2D eigenvalue weighted by Crippen LogP contribution is 2.31. The molecule has 6 heteroatoms. The first-order valence-electron chi connectivity index (χ1n) is 6.08. The number of hydrogen-bond acceptors (Lipinski definition) is 1. The van der Waals surface area contributed by atoms with Crippen LogP contribution in [-0.4, -0.2) is 12.7 Å². The average Bonchev–Trinajstić information content (AvgIpc) is 2.29. The Morgan fingerprint density at radius 2 is 2.00 bits per heavy atom. The lowest BCUT2D eigenvalue weighted by molar-refractivity contribution is -0.136. The molecule has 0 bridgehead atoms. The molecule has 0 fully saturated rings. The summed E-state index contributed by atoms with van der Waals surface area (Å²) in [6.45, 7) is 2.56. The molecule has 0 radical (unpaired) electrons. The monoisotopic (exact) mass is 341 g/mol. The Hall–Kier alpha value is -0.620. The molecular weight excluding hydrogens is 326 g/mol. The molecular formula is C13H16BrF4N. The van der Waals surface area contributed by atoms with Gasteiger partial charge in [-0.25, -0.2) is 4.39 Å². The first kappa shape index (κ1) is 16.4. The van der Waals surface area contributed by atoms with Gasteiger partial charge in [0.15, 0.2) is 0 Å². The third-order valence-corrected chi connectivity index (χ3v) is 3.38. The SMILES string of the molecule is CCCNC(CCC(F)(F)F)c1ccc(F)cc1Br. The fraction of sp³-hybridized carbons (Fsp3) is 0.538. The van der Waals surface area contributed by atoms with E-state index in [4.69, 9.17) is 0 Å². The molecule has 0 aliphatic rings. The van der Waals surface area contributed by atoms with Gasteiger partial charge in [0.2, 0.25) is 0 Å². The van der Waals surface area contributed by atoms with Crippen LogP contribution in [0.4, 0.5) is 17.6 Å². The maximum atomic E-state index is 13.0. The van der Waals surface area contributed by atoms with E-state index in [0.717, 1.165) is 6.42 Å². The highest BCUT2D eigenvalue weighted by Gasteiger charge is 2.29. The van der Waals surface area contributed by atoms with Gasteiger partial charge in [0.25, 0.3) is 0 Å². The van der Waals surface area contributed by atoms with Crippen molar-refractivity contribution in [2.24, 2.45) is 0 Å². The molecule has 1 atom stereocenters. The fourth-order valence-corrected chi connectivity index (χ4v) is 2.41. The van der Waals surface area contributed by atoms with E-state index in [0.29, 0.717) is 16.6 Å². The molecule has 0 amide bonds. The molecule has 1 nitrogen and oxygen atoms in total. The number of alkyl halides is 3. The first-order valence-corrected chi connectivity index (χ1v) is 6.88. The van der Waals surface area contributed by atoms with Crippen molar-refractivity contribution in [3.63, 3.8) is 0 Å². The van der Waals surface area contributed by atoms with Crippen LogP contribution in [-0.2, 0) is 0 Å². The van der Waals surface area contributed by atoms with Gasteiger partial charge in [0.1, 0.15) is 5.82 Å². The summed E-state index contributed by atoms with van der Waals surface area (Å²) in [5, 5.41) is 3.07. The van der Waals surface area contributed by atoms with E-state index in [2.05, 4.69) is 21.2 Å². The minimum Gasteiger partial charge on any atom is -0.310 e. The first-order chi connectivity index (χ1) is 8.83. The molecule has 1 unspecified atom stereocenters. The van der Waals surface area contributed by atoms with Gasteiger partial charge < -0.3 is 5.32 Å². The number of rotatable bonds is 6. The molecule has 1 N–H and O–H groups in total. The van der Waals surface area contributed by atoms with E-state index in [9.17, 15) is 17.6 Å². The number of benzene rings is 1. The second-order valence-corrected chi connectivity index (χ2v) is 5.18. The topological polar surface area (TPSA) is 12.0 Å². The van der Waals surface area contributed by atoms with E-state index < -0.39 is 24.5 Å². The Balaban J connectivity index is 2.83. The lowest BCUT2D eigenvalue weighted by atomic mass is 10.0. The minimum atomic E-state index is -4.18. The predicted molar refractivity (Wildman–Crippen MR) is 70.4 cm³/mol. The van der Waals surface area contributed by atoms with Gasteiger partial charge >= 0.3 is 6.18 Å². The van der Waals surface area contributed by atoms with E-state index >= 15 is 0 Å². The fourth-order valence-electron chi connectivity index (χ4n) is 1.78. The van der Waals surface area contributed by atoms with Crippen molar-refractivity contribution in [2.45, 2.75) is 38.4 Å². The quantitative estimate of drug-likeness (QED) is 0.720. The highest BCUT2D eigenvalue weighted by molar-refractivity contribution is 9.10. The normalized spacial score (nSPS) is 13.6. The smallest absolute Gasteiger partial charge is 0.310 e. The molecule has 0 saturated carbocycles. The zero-order chi connectivity index (χ0) is 14.5. The van der Waals surface area contributed by atoms with Gasteiger partial charge in [0, 0.05) is 16.9 Å². The summed E-state index contributed by atoms with van der Waals surface area (Å²) in [5.41, 5.74) is 0.652. The van der Waals surface area contributed by atoms with E-state index in [1.54, 1.807) is 0 Å². The predicted octanol–water partition coefficient (Wildman–Crippen LogP) is 4.97. The van der Waals surface area contributed by atoms with E-state index in [1.165, 1.54) is 18.2 Å². The van der Waals surface area contributed by atoms with Gasteiger partial charge in [0.05, 0.1) is 0 Å². The van der Waals surface area contributed by atoms with Crippen molar-refractivity contribution < 1.29 is 17.6 Å². The van der Waals surface area contributed by atoms with Gasteiger partial charge in [-0.2, -0.15) is 13.2 Å². The molecule has 1 rings (SSSR count). The van der Waals surface area contributed by atoms with Crippen molar-refractivity contribution >= 4 is 15.9 Å². The Labute approximate surface area is 118 Å². The lowest BCUT2D eigenvalue weighted by Crippen LogP contribution is -2.24. The van der Waals surface area contributed by atoms with Gasteiger partial charge in [-0.15, -0.1) is 0 Å². The van der Waals surface area contributed by atoms with Crippen LogP contribution in [0.5, 0.6) is 0 Å². The zero-order valence-electron chi connectivity index (χ0n) is 10.5. The molecule has 108 valence electrons. The summed E-state index contributed by atoms with van der Waals surface area (Å²) in [6, 6.07) is 3.61. The van der Waals surface area contributed by atoms with Crippen LogP contribution < -0.4 is 5.32 Å². The molecule has 1 aromatic carbocycles. The molecule has 19 heavy (non-hydrogen) atoms. The van der Waals surface area contributed by atoms with Crippen LogP contribution in [0.3, 0.4) is 0 Å². The summed E-state index contributed by atoms with van der Waals surface area (Å²) in [6.07, 6.45) is -4.29. The third kappa shape index (κ3) is 5.91. The Bertz CT molecular complexity index is 406. The van der Waals surface area contributed by atoms with E-state index in [1.807, 2.05) is 6.92 Å². The average molecular weight is 342 g/mol. The van der Waals surface area contributed by atoms with Crippen molar-refractivity contribution in [3.8, 4) is 0 Å². The summed E-state index contributed by atoms with van der Waals surface area (Å²) < 4.78 is 50.5. The van der Waals surface area contributed by atoms with Crippen LogP contribution >= 0.6 is 15.9 Å². The van der Waals surface area contributed by atoms with Crippen molar-refractivity contribution in [2.75, 3.05) is 6.54 Å². The van der Waals surface area contributed by atoms with Crippen LogP contribution in [0.25, 0.3) is 0 Å². The molecule has 0 spiro atoms. The van der Waals surface area contributed by atoms with Crippen LogP contribution in [0.1, 0.15) is 37.8 Å². The Kier molecular flexibility index (Phi) is 6.26. The van der Waals surface area contributed by atoms with Gasteiger partial charge in [-0.3, -0.25) is 0 Å². The van der Waals surface area contributed by atoms with Crippen molar-refractivity contribution in [1.82, 2.24) is 5.32 Å². The third-order valence-electron chi connectivity index (χ3n) is 2.70. The lowest BCUT2D eigenvalue weighted by Gasteiger charge is -2.21. The van der Waals surface area contributed by atoms with Gasteiger partial charge in [-0.05, 0) is 37.1 Å². The van der Waals surface area contributed by atoms with Crippen LogP contribution in [0.15, 0.2) is 22.7 Å². The maximum absolute atomic E-state index is 13.0. The van der Waals surface area contributed by atoms with Gasteiger partial charge in [-0.1, -0.05) is 28.9 Å². The van der Waals surface area contributed by atoms with E-state index in [-0.39, 0.29) is 6.42 Å². The number of halogens is 5. The molecule has 0 heterocycles. The molecule has 0 aromatic heterocycles. The largest absolute Gasteiger partial charge is 0.389 e. The second-order valence-electron chi connectivity index (χ2n) is 4.33. The summed E-state index contributed by atoms with van der Waals surface area (Å²) in [7, 11) is 0. The molecule has 0 aliphatic carbocycles. The maximum Gasteiger partial charge on any atom is 0.389 e. The highest BCUT2D eigenvalue weighted by atomic mass is 79.9. The molecule has 0 aliphatic heterocycles. The molecule has 0 saturated heterocycles. The Morgan fingerprint density at radius 1 is 1.32 bits per heavy atom. The Morgan fingerprint density at radius 3 is 2.53 bits per heavy atom. The summed E-state index contributed by atoms with van der Waals surface area (Å²) in [5.74, 6) is -0.416.